The summed E-state index contributed by atoms with van der Waals surface area (Å²) in [6.07, 6.45) is -5.09. The van der Waals surface area contributed by atoms with Crippen LogP contribution in [0, 0.1) is 0 Å². The lowest BCUT2D eigenvalue weighted by Crippen LogP contribution is -2.46. The second kappa shape index (κ2) is 8.38. The molecule has 0 spiro atoms. The minimum Gasteiger partial charge on any atom is -0.496 e. The quantitative estimate of drug-likeness (QED) is 0.828. The van der Waals surface area contributed by atoms with E-state index in [1.807, 2.05) is 4.90 Å². The van der Waals surface area contributed by atoms with Gasteiger partial charge in [0.15, 0.2) is 0 Å². The monoisotopic (exact) mass is 402 g/mol. The van der Waals surface area contributed by atoms with Gasteiger partial charge in [0, 0.05) is 42.3 Å². The van der Waals surface area contributed by atoms with E-state index in [2.05, 4.69) is 21.2 Å². The Hall–Kier alpha value is -0.500. The van der Waals surface area contributed by atoms with E-state index in [4.69, 9.17) is 4.74 Å². The molecule has 1 aliphatic heterocycles. The van der Waals surface area contributed by atoms with Crippen LogP contribution in [-0.4, -0.2) is 44.4 Å². The van der Waals surface area contributed by atoms with Crippen LogP contribution < -0.4 is 10.1 Å². The van der Waals surface area contributed by atoms with Crippen molar-refractivity contribution in [3.8, 4) is 5.75 Å². The molecule has 1 aromatic carbocycles. The number of piperazine rings is 1. The third-order valence-corrected chi connectivity index (χ3v) is 4.06. The summed E-state index contributed by atoms with van der Waals surface area (Å²) in [4.78, 5) is 1.87. The first-order valence-corrected chi connectivity index (χ1v) is 7.55. The lowest BCUT2D eigenvalue weighted by Gasteiger charge is -2.36. The molecule has 1 aromatic rings. The Kier molecular flexibility index (Phi) is 7.45. The van der Waals surface area contributed by atoms with Crippen molar-refractivity contribution in [1.82, 2.24) is 10.2 Å². The Balaban J connectivity index is 0.00000242. The van der Waals surface area contributed by atoms with Crippen molar-refractivity contribution >= 4 is 28.3 Å². The van der Waals surface area contributed by atoms with E-state index in [0.29, 0.717) is 37.5 Å². The zero-order valence-electron chi connectivity index (χ0n) is 12.1. The highest BCUT2D eigenvalue weighted by molar-refractivity contribution is 9.10. The van der Waals surface area contributed by atoms with E-state index in [1.54, 1.807) is 18.2 Å². The molecule has 126 valence electrons. The van der Waals surface area contributed by atoms with Gasteiger partial charge in [-0.1, -0.05) is 15.9 Å². The zero-order chi connectivity index (χ0) is 15.5. The lowest BCUT2D eigenvalue weighted by atomic mass is 9.99. The fourth-order valence-electron chi connectivity index (χ4n) is 2.61. The Bertz CT molecular complexity index is 482. The summed E-state index contributed by atoms with van der Waals surface area (Å²) in [5, 5.41) is 3.16. The summed E-state index contributed by atoms with van der Waals surface area (Å²) in [6.45, 7) is 2.59. The van der Waals surface area contributed by atoms with E-state index >= 15 is 0 Å². The molecule has 0 bridgehead atoms. The fraction of sp³-hybridized carbons (Fsp3) is 0.571. The van der Waals surface area contributed by atoms with Gasteiger partial charge in [0.05, 0.1) is 13.5 Å². The van der Waals surface area contributed by atoms with Crippen molar-refractivity contribution in [2.75, 3.05) is 33.3 Å². The van der Waals surface area contributed by atoms with Gasteiger partial charge in [-0.25, -0.2) is 0 Å². The Morgan fingerprint density at radius 1 is 1.32 bits per heavy atom. The Morgan fingerprint density at radius 3 is 2.50 bits per heavy atom. The molecule has 1 atom stereocenters. The van der Waals surface area contributed by atoms with E-state index in [0.717, 1.165) is 4.47 Å². The summed E-state index contributed by atoms with van der Waals surface area (Å²) in [5.74, 6) is 0.492. The van der Waals surface area contributed by atoms with Gasteiger partial charge in [-0.05, 0) is 18.2 Å². The van der Waals surface area contributed by atoms with Gasteiger partial charge in [0.2, 0.25) is 0 Å². The largest absolute Gasteiger partial charge is 0.496 e. The molecule has 1 aliphatic rings. The Morgan fingerprint density at radius 2 is 1.95 bits per heavy atom. The number of nitrogens with zero attached hydrogens (tertiary/aromatic N) is 1. The number of halogens is 5. The minimum absolute atomic E-state index is 0. The third kappa shape index (κ3) is 5.30. The second-order valence-corrected chi connectivity index (χ2v) is 5.92. The predicted octanol–water partition coefficient (Wildman–Crippen LogP) is 3.78. The van der Waals surface area contributed by atoms with Gasteiger partial charge in [-0.2, -0.15) is 13.2 Å². The SMILES string of the molecule is COc1ccc(Br)cc1[C@@H](CC(F)(F)F)N1CCNCC1.Cl. The predicted molar refractivity (Wildman–Crippen MR) is 85.8 cm³/mol. The molecule has 3 nitrogen and oxygen atoms in total. The number of hydrogen-bond acceptors (Lipinski definition) is 3. The van der Waals surface area contributed by atoms with Crippen LogP contribution in [0.3, 0.4) is 0 Å². The molecule has 1 N–H and O–H groups in total. The van der Waals surface area contributed by atoms with E-state index in [-0.39, 0.29) is 12.4 Å². The van der Waals surface area contributed by atoms with E-state index < -0.39 is 18.6 Å². The molecule has 1 fully saturated rings. The molecule has 0 aromatic heterocycles. The molecule has 22 heavy (non-hydrogen) atoms. The summed E-state index contributed by atoms with van der Waals surface area (Å²) in [7, 11) is 1.48. The first-order chi connectivity index (χ1) is 9.90. The average Bonchev–Trinajstić information content (AvgIpc) is 2.45. The molecule has 1 saturated heterocycles. The van der Waals surface area contributed by atoms with Crippen LogP contribution in [0.2, 0.25) is 0 Å². The van der Waals surface area contributed by atoms with Gasteiger partial charge in [-0.3, -0.25) is 4.90 Å². The number of nitrogens with one attached hydrogen (secondary N) is 1. The topological polar surface area (TPSA) is 24.5 Å². The van der Waals surface area contributed by atoms with E-state index in [1.165, 1.54) is 7.11 Å². The van der Waals surface area contributed by atoms with Crippen molar-refractivity contribution in [2.45, 2.75) is 18.6 Å². The lowest BCUT2D eigenvalue weighted by molar-refractivity contribution is -0.148. The molecular formula is C14H19BrClF3N2O. The van der Waals surface area contributed by atoms with Gasteiger partial charge >= 0.3 is 6.18 Å². The number of hydrogen-bond donors (Lipinski definition) is 1. The number of methoxy groups -OCH3 is 1. The highest BCUT2D eigenvalue weighted by Crippen LogP contribution is 2.39. The zero-order valence-corrected chi connectivity index (χ0v) is 14.5. The summed E-state index contributed by atoms with van der Waals surface area (Å²) in [5.41, 5.74) is 0.575. The first-order valence-electron chi connectivity index (χ1n) is 6.75. The summed E-state index contributed by atoms with van der Waals surface area (Å²) < 4.78 is 45.0. The highest BCUT2D eigenvalue weighted by Gasteiger charge is 2.37. The number of rotatable bonds is 4. The molecule has 0 amide bonds. The van der Waals surface area contributed by atoms with Crippen molar-refractivity contribution in [1.29, 1.82) is 0 Å². The maximum Gasteiger partial charge on any atom is 0.390 e. The van der Waals surface area contributed by atoms with Crippen LogP contribution in [0.4, 0.5) is 13.2 Å². The minimum atomic E-state index is -4.22. The number of ether oxygens (including phenoxy) is 1. The van der Waals surface area contributed by atoms with E-state index in [9.17, 15) is 13.2 Å². The van der Waals surface area contributed by atoms with Gasteiger partial charge in [0.25, 0.3) is 0 Å². The maximum absolute atomic E-state index is 13.0. The summed E-state index contributed by atoms with van der Waals surface area (Å²) >= 11 is 3.33. The van der Waals surface area contributed by atoms with Crippen molar-refractivity contribution in [3.05, 3.63) is 28.2 Å². The molecular weight excluding hydrogens is 385 g/mol. The van der Waals surface area contributed by atoms with Crippen molar-refractivity contribution in [2.24, 2.45) is 0 Å². The molecule has 2 rings (SSSR count). The second-order valence-electron chi connectivity index (χ2n) is 5.01. The van der Waals surface area contributed by atoms with Crippen LogP contribution in [0.1, 0.15) is 18.0 Å². The van der Waals surface area contributed by atoms with Crippen LogP contribution in [0.5, 0.6) is 5.75 Å². The molecule has 0 radical (unpaired) electrons. The highest BCUT2D eigenvalue weighted by atomic mass is 79.9. The van der Waals surface area contributed by atoms with Crippen LogP contribution in [0.15, 0.2) is 22.7 Å². The average molecular weight is 404 g/mol. The van der Waals surface area contributed by atoms with Crippen molar-refractivity contribution in [3.63, 3.8) is 0 Å². The molecule has 1 heterocycles. The van der Waals surface area contributed by atoms with Gasteiger partial charge in [0.1, 0.15) is 5.75 Å². The number of alkyl halides is 3. The fourth-order valence-corrected chi connectivity index (χ4v) is 2.99. The molecule has 0 saturated carbocycles. The maximum atomic E-state index is 13.0. The summed E-state index contributed by atoms with van der Waals surface area (Å²) in [6, 6.07) is 4.46. The van der Waals surface area contributed by atoms with Crippen molar-refractivity contribution < 1.29 is 17.9 Å². The Labute approximate surface area is 142 Å². The van der Waals surface area contributed by atoms with Gasteiger partial charge in [-0.15, -0.1) is 12.4 Å². The molecule has 8 heteroatoms. The third-order valence-electron chi connectivity index (χ3n) is 3.57. The van der Waals surface area contributed by atoms with Crippen LogP contribution in [-0.2, 0) is 0 Å². The number of benzene rings is 1. The molecule has 0 unspecified atom stereocenters. The molecule has 0 aliphatic carbocycles. The van der Waals surface area contributed by atoms with Crippen LogP contribution >= 0.6 is 28.3 Å². The van der Waals surface area contributed by atoms with Crippen LogP contribution in [0.25, 0.3) is 0 Å². The standard InChI is InChI=1S/C14H18BrF3N2O.ClH/c1-21-13-3-2-10(15)8-11(13)12(9-14(16,17)18)20-6-4-19-5-7-20;/h2-3,8,12,19H,4-7,9H2,1H3;1H/t12-;/m1./s1. The smallest absolute Gasteiger partial charge is 0.390 e. The normalized spacial score (nSPS) is 17.7. The van der Waals surface area contributed by atoms with Gasteiger partial charge < -0.3 is 10.1 Å². The first kappa shape index (κ1) is 19.5.